The maximum Gasteiger partial charge on any atom is 0.404 e. The molecule has 1 aliphatic rings. The number of nitrogens with zero attached hydrogens (tertiary/aromatic N) is 2. The van der Waals surface area contributed by atoms with Gasteiger partial charge in [0.2, 0.25) is 15.9 Å². The molecule has 208 valence electrons. The Kier molecular flexibility index (Phi) is 10.7. The molecule has 37 heavy (non-hydrogen) atoms. The number of carboxylic acid groups (broad SMARTS) is 1. The number of nitrogens with one attached hydrogen (secondary N) is 2. The molecule has 2 rings (SSSR count). The zero-order chi connectivity index (χ0) is 27.8. The molecule has 0 aromatic heterocycles. The summed E-state index contributed by atoms with van der Waals surface area (Å²) in [5.41, 5.74) is 1.11. The van der Waals surface area contributed by atoms with E-state index in [1.54, 1.807) is 10.4 Å². The predicted molar refractivity (Wildman–Crippen MR) is 135 cm³/mol. The van der Waals surface area contributed by atoms with Crippen LogP contribution in [0.5, 0.6) is 5.75 Å². The number of sulfonamides is 1. The summed E-state index contributed by atoms with van der Waals surface area (Å²) in [6, 6.07) is 4.46. The minimum Gasteiger partial charge on any atom is -0.497 e. The first kappa shape index (κ1) is 30.3. The van der Waals surface area contributed by atoms with Gasteiger partial charge in [-0.3, -0.25) is 14.8 Å². The largest absolute Gasteiger partial charge is 0.497 e. The molecule has 3 amide bonds. The van der Waals surface area contributed by atoms with Gasteiger partial charge in [0.05, 0.1) is 12.0 Å². The summed E-state index contributed by atoms with van der Waals surface area (Å²) in [7, 11) is -2.78. The number of carbonyl (C=O) groups is 3. The lowest BCUT2D eigenvalue weighted by atomic mass is 9.87. The van der Waals surface area contributed by atoms with Gasteiger partial charge in [0.25, 0.3) is 5.91 Å². The molecule has 1 atom stereocenters. The normalized spacial score (nSPS) is 15.8. The van der Waals surface area contributed by atoms with E-state index in [1.165, 1.54) is 31.4 Å². The van der Waals surface area contributed by atoms with Crippen LogP contribution in [0, 0.1) is 11.3 Å². The zero-order valence-corrected chi connectivity index (χ0v) is 22.6. The number of rotatable bonds is 11. The number of methoxy groups -OCH3 is 1. The molecule has 0 spiro atoms. The Hall–Kier alpha value is -2.90. The van der Waals surface area contributed by atoms with Crippen LogP contribution in [0.2, 0.25) is 0 Å². The second kappa shape index (κ2) is 13.1. The minimum atomic E-state index is -4.23. The average molecular weight is 543 g/mol. The van der Waals surface area contributed by atoms with Crippen LogP contribution in [0.3, 0.4) is 0 Å². The number of amides is 3. The second-order valence-corrected chi connectivity index (χ2v) is 12.2. The molecule has 0 saturated carbocycles. The van der Waals surface area contributed by atoms with E-state index in [1.807, 2.05) is 20.8 Å². The van der Waals surface area contributed by atoms with Crippen LogP contribution in [-0.2, 0) is 19.6 Å². The van der Waals surface area contributed by atoms with Crippen molar-refractivity contribution in [3.8, 4) is 5.75 Å². The van der Waals surface area contributed by atoms with Gasteiger partial charge in [-0.05, 0) is 54.9 Å². The third kappa shape index (κ3) is 8.86. The molecule has 12 nitrogen and oxygen atoms in total. The number of hydroxylamine groups is 1. The van der Waals surface area contributed by atoms with E-state index in [4.69, 9.17) is 9.84 Å². The number of ether oxygens (including phenoxy) is 1. The van der Waals surface area contributed by atoms with Gasteiger partial charge in [0.1, 0.15) is 11.8 Å². The zero-order valence-electron chi connectivity index (χ0n) is 21.8. The van der Waals surface area contributed by atoms with Crippen molar-refractivity contribution in [3.63, 3.8) is 0 Å². The van der Waals surface area contributed by atoms with Crippen molar-refractivity contribution >= 4 is 27.9 Å². The molecule has 1 fully saturated rings. The average Bonchev–Trinajstić information content (AvgIpc) is 2.85. The van der Waals surface area contributed by atoms with Crippen molar-refractivity contribution in [1.82, 2.24) is 20.0 Å². The Bertz CT molecular complexity index is 1030. The SMILES string of the molecule is COc1ccc(S(=O)(=O)N(CCC(=O)N2CCC(CNC(=O)O)CC2)C(CC(C)(C)C)C(=O)NO)cc1. The van der Waals surface area contributed by atoms with E-state index >= 15 is 0 Å². The van der Waals surface area contributed by atoms with E-state index in [0.29, 0.717) is 38.2 Å². The summed E-state index contributed by atoms with van der Waals surface area (Å²) in [4.78, 5) is 37.9. The maximum absolute atomic E-state index is 13.7. The van der Waals surface area contributed by atoms with Gasteiger partial charge in [-0.25, -0.2) is 18.7 Å². The van der Waals surface area contributed by atoms with E-state index in [-0.39, 0.29) is 36.1 Å². The topological polar surface area (TPSA) is 166 Å². The molecule has 1 saturated heterocycles. The smallest absolute Gasteiger partial charge is 0.404 e. The van der Waals surface area contributed by atoms with Crippen molar-refractivity contribution < 1.29 is 37.9 Å². The van der Waals surface area contributed by atoms with Crippen molar-refractivity contribution in [1.29, 1.82) is 0 Å². The lowest BCUT2D eigenvalue weighted by Gasteiger charge is -2.35. The highest BCUT2D eigenvalue weighted by Crippen LogP contribution is 2.29. The van der Waals surface area contributed by atoms with Crippen LogP contribution in [0.25, 0.3) is 0 Å². The Morgan fingerprint density at radius 2 is 1.76 bits per heavy atom. The number of hydrogen-bond acceptors (Lipinski definition) is 7. The molecule has 1 aliphatic heterocycles. The minimum absolute atomic E-state index is 0.0721. The standard InChI is InChI=1S/C24H38N4O8S/c1-24(2,3)15-20(22(30)26-33)28(37(34,35)19-7-5-18(36-4)6-8-19)14-11-21(29)27-12-9-17(10-13-27)16-25-23(31)32/h5-8,17,20,25,33H,9-16H2,1-4H3,(H,26,30)(H,31,32). The molecular formula is C24H38N4O8S. The van der Waals surface area contributed by atoms with Gasteiger partial charge < -0.3 is 20.1 Å². The van der Waals surface area contributed by atoms with Crippen LogP contribution >= 0.6 is 0 Å². The monoisotopic (exact) mass is 542 g/mol. The van der Waals surface area contributed by atoms with Gasteiger partial charge >= 0.3 is 6.09 Å². The fraction of sp³-hybridized carbons (Fsp3) is 0.625. The van der Waals surface area contributed by atoms with Crippen LogP contribution < -0.4 is 15.5 Å². The summed E-state index contributed by atoms with van der Waals surface area (Å²) >= 11 is 0. The first-order valence-corrected chi connectivity index (χ1v) is 13.6. The number of piperidine rings is 1. The van der Waals surface area contributed by atoms with E-state index in [2.05, 4.69) is 5.32 Å². The van der Waals surface area contributed by atoms with Gasteiger partial charge in [-0.2, -0.15) is 4.31 Å². The van der Waals surface area contributed by atoms with Crippen LogP contribution in [0.4, 0.5) is 4.79 Å². The van der Waals surface area contributed by atoms with Crippen LogP contribution in [0.1, 0.15) is 46.5 Å². The summed E-state index contributed by atoms with van der Waals surface area (Å²) in [6.07, 6.45) is 0.102. The fourth-order valence-electron chi connectivity index (χ4n) is 4.29. The number of carbonyl (C=O) groups excluding carboxylic acids is 2. The third-order valence-electron chi connectivity index (χ3n) is 6.29. The molecule has 1 aromatic rings. The second-order valence-electron chi connectivity index (χ2n) is 10.3. The van der Waals surface area contributed by atoms with Crippen molar-refractivity contribution in [2.45, 2.75) is 57.4 Å². The molecular weight excluding hydrogens is 504 g/mol. The highest BCUT2D eigenvalue weighted by atomic mass is 32.2. The summed E-state index contributed by atoms with van der Waals surface area (Å²) in [6.45, 7) is 6.45. The molecule has 1 unspecified atom stereocenters. The number of likely N-dealkylation sites (tertiary alicyclic amines) is 1. The van der Waals surface area contributed by atoms with Crippen molar-refractivity contribution in [2.24, 2.45) is 11.3 Å². The van der Waals surface area contributed by atoms with Crippen molar-refractivity contribution in [2.75, 3.05) is 33.3 Å². The molecule has 1 aromatic carbocycles. The molecule has 0 radical (unpaired) electrons. The first-order chi connectivity index (χ1) is 17.3. The van der Waals surface area contributed by atoms with Gasteiger partial charge in [-0.1, -0.05) is 20.8 Å². The molecule has 0 aliphatic carbocycles. The van der Waals surface area contributed by atoms with Crippen molar-refractivity contribution in [3.05, 3.63) is 24.3 Å². The maximum atomic E-state index is 13.7. The predicted octanol–water partition coefficient (Wildman–Crippen LogP) is 1.89. The number of hydrogen-bond donors (Lipinski definition) is 4. The third-order valence-corrected chi connectivity index (χ3v) is 8.21. The van der Waals surface area contributed by atoms with Crippen LogP contribution in [-0.4, -0.2) is 85.2 Å². The van der Waals surface area contributed by atoms with E-state index in [0.717, 1.165) is 4.31 Å². The summed E-state index contributed by atoms with van der Waals surface area (Å²) < 4.78 is 33.4. The van der Waals surface area contributed by atoms with Crippen LogP contribution in [0.15, 0.2) is 29.2 Å². The lowest BCUT2D eigenvalue weighted by molar-refractivity contribution is -0.136. The fourth-order valence-corrected chi connectivity index (χ4v) is 5.88. The Balaban J connectivity index is 2.24. The Labute approximate surface area is 218 Å². The Morgan fingerprint density at radius 3 is 2.24 bits per heavy atom. The number of benzene rings is 1. The van der Waals surface area contributed by atoms with Gasteiger partial charge in [-0.15, -0.1) is 0 Å². The highest BCUT2D eigenvalue weighted by Gasteiger charge is 2.39. The molecule has 0 bridgehead atoms. The van der Waals surface area contributed by atoms with E-state index in [9.17, 15) is 28.0 Å². The molecule has 1 heterocycles. The Morgan fingerprint density at radius 1 is 1.16 bits per heavy atom. The molecule has 4 N–H and O–H groups in total. The summed E-state index contributed by atoms with van der Waals surface area (Å²) in [5.74, 6) is -0.566. The highest BCUT2D eigenvalue weighted by molar-refractivity contribution is 7.89. The lowest BCUT2D eigenvalue weighted by Crippen LogP contribution is -2.51. The van der Waals surface area contributed by atoms with E-state index < -0.39 is 33.5 Å². The van der Waals surface area contributed by atoms with Gasteiger partial charge in [0, 0.05) is 32.6 Å². The quantitative estimate of drug-likeness (QED) is 0.243. The molecule has 13 heteroatoms. The first-order valence-electron chi connectivity index (χ1n) is 12.1. The summed E-state index contributed by atoms with van der Waals surface area (Å²) in [5, 5.41) is 20.5. The van der Waals surface area contributed by atoms with Gasteiger partial charge in [0.15, 0.2) is 0 Å².